The molecular weight excluding hydrogens is 301 g/mol. The third kappa shape index (κ3) is 3.20. The molecule has 3 aromatic rings. The molecule has 0 N–H and O–H groups in total. The number of ketones is 1. The summed E-state index contributed by atoms with van der Waals surface area (Å²) in [4.78, 5) is 12.2. The van der Waals surface area contributed by atoms with Gasteiger partial charge in [0.25, 0.3) is 0 Å². The lowest BCUT2D eigenvalue weighted by molar-refractivity contribution is 0.104. The molecule has 1 aromatic heterocycles. The van der Waals surface area contributed by atoms with Crippen LogP contribution in [0.25, 0.3) is 11.8 Å². The van der Waals surface area contributed by atoms with Crippen molar-refractivity contribution >= 4 is 11.9 Å². The summed E-state index contributed by atoms with van der Waals surface area (Å²) in [6, 6.07) is 17.6. The number of aromatic nitrogens is 1. The molecule has 0 aliphatic rings. The molecule has 0 saturated heterocycles. The highest BCUT2D eigenvalue weighted by atomic mass is 19.1. The summed E-state index contributed by atoms with van der Waals surface area (Å²) in [6.07, 6.45) is 3.42. The maximum atomic E-state index is 13.1. The molecule has 2 nitrogen and oxygen atoms in total. The third-order valence-electron chi connectivity index (χ3n) is 4.03. The highest BCUT2D eigenvalue weighted by molar-refractivity contribution is 6.06. The molecule has 24 heavy (non-hydrogen) atoms. The first-order chi connectivity index (χ1) is 11.6. The topological polar surface area (TPSA) is 22.0 Å². The second-order valence-corrected chi connectivity index (χ2v) is 5.70. The van der Waals surface area contributed by atoms with Gasteiger partial charge in [0.05, 0.1) is 0 Å². The first-order valence-electron chi connectivity index (χ1n) is 7.78. The molecule has 3 rings (SSSR count). The number of aryl methyl sites for hydroxylation is 1. The highest BCUT2D eigenvalue weighted by Crippen LogP contribution is 2.22. The van der Waals surface area contributed by atoms with Gasteiger partial charge in [-0.15, -0.1) is 0 Å². The minimum absolute atomic E-state index is 0.0258. The Labute approximate surface area is 140 Å². The van der Waals surface area contributed by atoms with E-state index >= 15 is 0 Å². The smallest absolute Gasteiger partial charge is 0.185 e. The minimum atomic E-state index is -0.255. The Hall–Kier alpha value is -2.94. The zero-order valence-electron chi connectivity index (χ0n) is 13.7. The van der Waals surface area contributed by atoms with Crippen molar-refractivity contribution in [3.8, 4) is 5.69 Å². The van der Waals surface area contributed by atoms with Gasteiger partial charge >= 0.3 is 0 Å². The Balaban J connectivity index is 1.90. The van der Waals surface area contributed by atoms with Gasteiger partial charge in [-0.1, -0.05) is 30.3 Å². The average molecular weight is 319 g/mol. The van der Waals surface area contributed by atoms with E-state index in [2.05, 4.69) is 0 Å². The molecule has 0 saturated carbocycles. The summed E-state index contributed by atoms with van der Waals surface area (Å²) in [5.74, 6) is -0.281. The summed E-state index contributed by atoms with van der Waals surface area (Å²) in [5.41, 5.74) is 4.59. The minimum Gasteiger partial charge on any atom is -0.318 e. The molecule has 0 fully saturated rings. The van der Waals surface area contributed by atoms with Crippen molar-refractivity contribution in [3.05, 3.63) is 95.1 Å². The second kappa shape index (κ2) is 6.67. The van der Waals surface area contributed by atoms with Gasteiger partial charge in [-0.2, -0.15) is 0 Å². The quantitative estimate of drug-likeness (QED) is 0.483. The monoisotopic (exact) mass is 319 g/mol. The van der Waals surface area contributed by atoms with Crippen LogP contribution >= 0.6 is 0 Å². The summed E-state index contributed by atoms with van der Waals surface area (Å²) in [6.45, 7) is 3.98. The fourth-order valence-electron chi connectivity index (χ4n) is 2.81. The van der Waals surface area contributed by atoms with Crippen LogP contribution in [0.15, 0.2) is 66.7 Å². The lowest BCUT2D eigenvalue weighted by Gasteiger charge is -2.09. The van der Waals surface area contributed by atoms with Crippen LogP contribution in [0, 0.1) is 19.7 Å². The maximum absolute atomic E-state index is 13.1. The summed E-state index contributed by atoms with van der Waals surface area (Å²) in [7, 11) is 0. The lowest BCUT2D eigenvalue weighted by atomic mass is 10.1. The van der Waals surface area contributed by atoms with Crippen molar-refractivity contribution < 1.29 is 9.18 Å². The zero-order valence-corrected chi connectivity index (χ0v) is 13.7. The van der Waals surface area contributed by atoms with E-state index in [0.29, 0.717) is 5.56 Å². The van der Waals surface area contributed by atoms with Crippen LogP contribution < -0.4 is 0 Å². The average Bonchev–Trinajstić information content (AvgIpc) is 2.88. The van der Waals surface area contributed by atoms with E-state index in [1.807, 2.05) is 48.8 Å². The number of allylic oxidation sites excluding steroid dienone is 1. The van der Waals surface area contributed by atoms with Gasteiger partial charge in [0.2, 0.25) is 0 Å². The van der Waals surface area contributed by atoms with E-state index in [9.17, 15) is 9.18 Å². The van der Waals surface area contributed by atoms with Crippen molar-refractivity contribution in [1.82, 2.24) is 4.57 Å². The SMILES string of the molecule is Cc1cc(/C=C/C(=O)c2ccccc2)c(C)n1-c1ccc(F)cc1. The first kappa shape index (κ1) is 15.9. The predicted molar refractivity (Wildman–Crippen MR) is 95.0 cm³/mol. The Morgan fingerprint density at radius 2 is 1.67 bits per heavy atom. The number of hydrogen-bond donors (Lipinski definition) is 0. The molecule has 0 radical (unpaired) electrons. The standard InChI is InChI=1S/C21H18FNO/c1-15-14-18(8-13-21(24)17-6-4-3-5-7-17)16(2)23(15)20-11-9-19(22)10-12-20/h3-14H,1-2H3/b13-8+. The van der Waals surface area contributed by atoms with Crippen molar-refractivity contribution in [3.63, 3.8) is 0 Å². The van der Waals surface area contributed by atoms with E-state index in [1.165, 1.54) is 12.1 Å². The van der Waals surface area contributed by atoms with Crippen LogP contribution in [-0.4, -0.2) is 10.4 Å². The van der Waals surface area contributed by atoms with Crippen LogP contribution in [0.3, 0.4) is 0 Å². The van der Waals surface area contributed by atoms with Crippen LogP contribution in [0.4, 0.5) is 4.39 Å². The van der Waals surface area contributed by atoms with Gasteiger partial charge < -0.3 is 4.57 Å². The Morgan fingerprint density at radius 1 is 1.00 bits per heavy atom. The number of nitrogens with zero attached hydrogens (tertiary/aromatic N) is 1. The van der Waals surface area contributed by atoms with Crippen LogP contribution in [0.2, 0.25) is 0 Å². The number of carbonyl (C=O) groups is 1. The maximum Gasteiger partial charge on any atom is 0.185 e. The van der Waals surface area contributed by atoms with Crippen LogP contribution in [0.5, 0.6) is 0 Å². The molecular formula is C21H18FNO. The predicted octanol–water partition coefficient (Wildman–Crippen LogP) is 5.13. The molecule has 120 valence electrons. The zero-order chi connectivity index (χ0) is 17.1. The van der Waals surface area contributed by atoms with E-state index in [-0.39, 0.29) is 11.6 Å². The van der Waals surface area contributed by atoms with Gasteiger partial charge in [-0.05, 0) is 61.9 Å². The van der Waals surface area contributed by atoms with Gasteiger partial charge in [0, 0.05) is 22.6 Å². The lowest BCUT2D eigenvalue weighted by Crippen LogP contribution is -1.99. The van der Waals surface area contributed by atoms with E-state index in [4.69, 9.17) is 0 Å². The van der Waals surface area contributed by atoms with Gasteiger partial charge in [-0.3, -0.25) is 4.79 Å². The number of halogens is 1. The number of benzene rings is 2. The van der Waals surface area contributed by atoms with Gasteiger partial charge in [0.1, 0.15) is 5.82 Å². The highest BCUT2D eigenvalue weighted by Gasteiger charge is 2.09. The van der Waals surface area contributed by atoms with Crippen molar-refractivity contribution in [1.29, 1.82) is 0 Å². The number of hydrogen-bond acceptors (Lipinski definition) is 1. The number of carbonyl (C=O) groups excluding carboxylic acids is 1. The summed E-state index contributed by atoms with van der Waals surface area (Å²) >= 11 is 0. The van der Waals surface area contributed by atoms with Crippen LogP contribution in [-0.2, 0) is 0 Å². The molecule has 0 aliphatic heterocycles. The van der Waals surface area contributed by atoms with E-state index in [0.717, 1.165) is 22.6 Å². The molecule has 2 aromatic carbocycles. The molecule has 3 heteroatoms. The molecule has 0 unspecified atom stereocenters. The summed E-state index contributed by atoms with van der Waals surface area (Å²) < 4.78 is 15.2. The largest absolute Gasteiger partial charge is 0.318 e. The normalized spacial score (nSPS) is 11.1. The molecule has 0 atom stereocenters. The van der Waals surface area contributed by atoms with Gasteiger partial charge in [-0.25, -0.2) is 4.39 Å². The van der Waals surface area contributed by atoms with Crippen molar-refractivity contribution in [2.24, 2.45) is 0 Å². The van der Waals surface area contributed by atoms with Crippen molar-refractivity contribution in [2.75, 3.05) is 0 Å². The molecule has 1 heterocycles. The molecule has 0 spiro atoms. The molecule has 0 bridgehead atoms. The molecule has 0 amide bonds. The Bertz CT molecular complexity index is 890. The van der Waals surface area contributed by atoms with Crippen molar-refractivity contribution in [2.45, 2.75) is 13.8 Å². The van der Waals surface area contributed by atoms with E-state index < -0.39 is 0 Å². The van der Waals surface area contributed by atoms with Gasteiger partial charge in [0.15, 0.2) is 5.78 Å². The van der Waals surface area contributed by atoms with E-state index in [1.54, 1.807) is 30.3 Å². The fraction of sp³-hybridized carbons (Fsp3) is 0.0952. The number of rotatable bonds is 4. The second-order valence-electron chi connectivity index (χ2n) is 5.70. The van der Waals surface area contributed by atoms with Crippen LogP contribution in [0.1, 0.15) is 27.3 Å². The Morgan fingerprint density at radius 3 is 2.33 bits per heavy atom. The third-order valence-corrected chi connectivity index (χ3v) is 4.03. The Kier molecular flexibility index (Phi) is 4.43. The fourth-order valence-corrected chi connectivity index (χ4v) is 2.81. The first-order valence-corrected chi connectivity index (χ1v) is 7.78. The summed E-state index contributed by atoms with van der Waals surface area (Å²) in [5, 5.41) is 0. The molecule has 0 aliphatic carbocycles.